The highest BCUT2D eigenvalue weighted by molar-refractivity contribution is 8.76. The van der Waals surface area contributed by atoms with E-state index >= 15 is 4.79 Å². The molecule has 5 fully saturated rings. The third-order valence-corrected chi connectivity index (χ3v) is 21.2. The first kappa shape index (κ1) is 50.2. The highest BCUT2D eigenvalue weighted by atomic mass is 33.1. The molecule has 9 rings (SSSR count). The number of likely N-dealkylation sites (N-methyl/N-ethyl adjacent to an activating group) is 1. The molecule has 4 aliphatic heterocycles. The molecule has 13 nitrogen and oxygen atoms in total. The second-order valence-electron chi connectivity index (χ2n) is 22.5. The van der Waals surface area contributed by atoms with E-state index in [1.807, 2.05) is 20.0 Å². The van der Waals surface area contributed by atoms with Crippen molar-refractivity contribution in [1.82, 2.24) is 16.0 Å². The van der Waals surface area contributed by atoms with Gasteiger partial charge in [-0.3, -0.25) is 9.59 Å². The van der Waals surface area contributed by atoms with Crippen molar-refractivity contribution in [3.8, 4) is 23.3 Å². The van der Waals surface area contributed by atoms with Gasteiger partial charge in [-0.1, -0.05) is 59.3 Å². The number of phenolic OH excluding ortho intramolecular Hbond substituents is 1. The Labute approximate surface area is 411 Å². The number of carbonyl (C=O) groups is 3. The van der Waals surface area contributed by atoms with E-state index in [1.54, 1.807) is 27.7 Å². The number of esters is 2. The minimum Gasteiger partial charge on any atom is -0.504 e. The zero-order chi connectivity index (χ0) is 47.8. The zero-order valence-corrected chi connectivity index (χ0v) is 42.2. The number of piperidine rings is 2. The van der Waals surface area contributed by atoms with Crippen LogP contribution in [0.25, 0.3) is 0 Å². The van der Waals surface area contributed by atoms with Gasteiger partial charge in [0.2, 0.25) is 5.91 Å². The van der Waals surface area contributed by atoms with Crippen LogP contribution in [0.2, 0.25) is 0 Å². The molecule has 1 aromatic rings. The number of hydrogen-bond donors (Lipinski definition) is 7. The van der Waals surface area contributed by atoms with Gasteiger partial charge in [0.25, 0.3) is 0 Å². The summed E-state index contributed by atoms with van der Waals surface area (Å²) in [7, 11) is 5.09. The Morgan fingerprint density at radius 3 is 2.53 bits per heavy atom. The molecule has 0 aromatic heterocycles. The fourth-order valence-electron chi connectivity index (χ4n) is 15.1. The second kappa shape index (κ2) is 20.8. The van der Waals surface area contributed by atoms with Crippen molar-refractivity contribution >= 4 is 39.4 Å². The third-order valence-electron chi connectivity index (χ3n) is 18.5. The summed E-state index contributed by atoms with van der Waals surface area (Å²) in [6.45, 7) is 5.05. The quantitative estimate of drug-likeness (QED) is 0.0929. The Hall–Kier alpha value is -2.71. The van der Waals surface area contributed by atoms with E-state index in [1.165, 1.54) is 6.92 Å². The number of carbonyl (C=O) groups excluding carboxylic acids is 3. The molecular formula is C53H77N3O10S2. The average molecular weight is 980 g/mol. The Balaban J connectivity index is 1.24. The molecule has 0 radical (unpaired) electrons. The molecule has 13 atom stereocenters. The van der Waals surface area contributed by atoms with E-state index in [4.69, 9.17) is 14.2 Å². The smallest absolute Gasteiger partial charge is 0.332 e. The number of amides is 1. The highest BCUT2D eigenvalue weighted by Crippen LogP contribution is 2.65. The second-order valence-corrected chi connectivity index (χ2v) is 25.0. The Morgan fingerprint density at radius 1 is 1.00 bits per heavy atom. The highest BCUT2D eigenvalue weighted by Gasteiger charge is 2.60. The van der Waals surface area contributed by atoms with E-state index < -0.39 is 46.8 Å². The summed E-state index contributed by atoms with van der Waals surface area (Å²) in [5.74, 6) is 7.08. The van der Waals surface area contributed by atoms with Gasteiger partial charge >= 0.3 is 11.9 Å². The van der Waals surface area contributed by atoms with Crippen molar-refractivity contribution in [1.29, 1.82) is 0 Å². The van der Waals surface area contributed by atoms with Crippen LogP contribution in [-0.4, -0.2) is 119 Å². The van der Waals surface area contributed by atoms with E-state index in [9.17, 15) is 30.0 Å². The molecule has 4 aliphatic carbocycles. The molecule has 7 N–H and O–H groups in total. The monoisotopic (exact) mass is 980 g/mol. The minimum absolute atomic E-state index is 0.00111. The number of aliphatic hydroxyl groups excluding tert-OH is 2. The maximum atomic E-state index is 15.6. The maximum Gasteiger partial charge on any atom is 0.332 e. The molecule has 0 unspecified atom stereocenters. The van der Waals surface area contributed by atoms with E-state index in [0.717, 1.165) is 56.1 Å². The van der Waals surface area contributed by atoms with E-state index in [0.29, 0.717) is 101 Å². The van der Waals surface area contributed by atoms with Crippen molar-refractivity contribution in [2.24, 2.45) is 40.4 Å². The van der Waals surface area contributed by atoms with Crippen LogP contribution >= 0.6 is 21.6 Å². The number of aromatic hydroxyl groups is 1. The largest absolute Gasteiger partial charge is 0.504 e. The molecule has 1 spiro atoms. The van der Waals surface area contributed by atoms with Gasteiger partial charge in [-0.15, -0.1) is 5.92 Å². The van der Waals surface area contributed by atoms with Crippen LogP contribution in [0.15, 0.2) is 12.1 Å². The fourth-order valence-corrected chi connectivity index (χ4v) is 17.9. The average Bonchev–Trinajstić information content (AvgIpc) is 3.81. The molecule has 4 heterocycles. The first-order chi connectivity index (χ1) is 32.7. The normalized spacial score (nSPS) is 39.1. The van der Waals surface area contributed by atoms with Gasteiger partial charge in [-0.25, -0.2) is 4.79 Å². The number of benzene rings is 1. The van der Waals surface area contributed by atoms with Crippen molar-refractivity contribution in [3.05, 3.63) is 23.3 Å². The zero-order valence-electron chi connectivity index (χ0n) is 40.5. The van der Waals surface area contributed by atoms with Crippen LogP contribution in [0.3, 0.4) is 0 Å². The molecule has 2 saturated carbocycles. The number of ether oxygens (including phenoxy) is 3. The first-order valence-electron chi connectivity index (χ1n) is 26.0. The summed E-state index contributed by atoms with van der Waals surface area (Å²) >= 11 is 0. The lowest BCUT2D eigenvalue weighted by Gasteiger charge is -2.56. The van der Waals surface area contributed by atoms with Crippen LogP contribution in [0, 0.1) is 52.3 Å². The lowest BCUT2D eigenvalue weighted by atomic mass is 9.51. The molecule has 0 bridgehead atoms. The summed E-state index contributed by atoms with van der Waals surface area (Å²) in [4.78, 5) is 42.6. The standard InChI is InChI=1S/C53H77N3O10S2/c1-32(58)65-43-26-44(66-49(62)53-20-5-4-11-35(53)12-17-45(61)56-53)52(21-23-55-24-22-52)47-33(9-8-10-34-27-50(2,63)31-68-67-29-40(54-3)41(59)15-13-36(34)43)25-38-39(51(30-57)18-6-7-19-51)28-64-48-42(60)16-14-37(47)46(38)48/h14,16,33-36,38-41,43-44,47,54-55,57,59-60,63H,4-7,10-13,15,17-31H2,1-3H3,(H,56,61)/t33-,34+,35-,36-,38+,39+,40+,41+,43-,44+,47-,50-,53-/m0/s1. The maximum absolute atomic E-state index is 15.6. The summed E-state index contributed by atoms with van der Waals surface area (Å²) in [5, 5.41) is 56.9. The van der Waals surface area contributed by atoms with Crippen molar-refractivity contribution < 1.29 is 49.0 Å². The van der Waals surface area contributed by atoms with Crippen molar-refractivity contribution in [2.75, 3.05) is 44.9 Å². The first-order valence-corrected chi connectivity index (χ1v) is 28.5. The summed E-state index contributed by atoms with van der Waals surface area (Å²) < 4.78 is 20.5. The van der Waals surface area contributed by atoms with E-state index in [-0.39, 0.29) is 77.6 Å². The van der Waals surface area contributed by atoms with Gasteiger partial charge in [0.05, 0.1) is 18.3 Å². The minimum atomic E-state index is -1.17. The predicted molar refractivity (Wildman–Crippen MR) is 263 cm³/mol. The van der Waals surface area contributed by atoms with Gasteiger partial charge in [0.15, 0.2) is 11.5 Å². The van der Waals surface area contributed by atoms with Gasteiger partial charge in [-0.2, -0.15) is 0 Å². The van der Waals surface area contributed by atoms with E-state index in [2.05, 4.69) is 27.8 Å². The molecule has 1 aromatic carbocycles. The molecule has 376 valence electrons. The van der Waals surface area contributed by atoms with Crippen molar-refractivity contribution in [3.63, 3.8) is 0 Å². The number of phenols is 1. The molecule has 15 heteroatoms. The third kappa shape index (κ3) is 9.68. The Kier molecular flexibility index (Phi) is 15.4. The van der Waals surface area contributed by atoms with Crippen LogP contribution < -0.4 is 20.7 Å². The van der Waals surface area contributed by atoms with Gasteiger partial charge in [0.1, 0.15) is 17.7 Å². The number of hydrogen-bond acceptors (Lipinski definition) is 14. The fraction of sp³-hybridized carbons (Fsp3) is 0.792. The molecule has 8 aliphatic rings. The molecule has 68 heavy (non-hydrogen) atoms. The molecular weight excluding hydrogens is 903 g/mol. The van der Waals surface area contributed by atoms with Crippen LogP contribution in [0.5, 0.6) is 11.5 Å². The van der Waals surface area contributed by atoms with Crippen LogP contribution in [0.4, 0.5) is 0 Å². The van der Waals surface area contributed by atoms with Crippen molar-refractivity contribution in [2.45, 2.75) is 177 Å². The summed E-state index contributed by atoms with van der Waals surface area (Å²) in [6.07, 6.45) is 9.49. The SMILES string of the molecule is CN[C@@H]1CSSC[C@@](C)(O)C[C@H]2CC#C[C@H]3C[C@H]4c5c(ccc(O)c5OC[C@H]4C4(CO)CCCC4)[C@H]3C3(CCNCC3)[C@H](OC(=O)[C@]34CCCC[C@H]3CCC(=O)N4)C[C@H](OC(C)=O)[C@H]2CC[C@H]1O. The van der Waals surface area contributed by atoms with Crippen LogP contribution in [0.1, 0.15) is 152 Å². The van der Waals surface area contributed by atoms with Gasteiger partial charge < -0.3 is 50.6 Å². The molecule has 1 amide bonds. The Morgan fingerprint density at radius 2 is 1.78 bits per heavy atom. The Bertz CT molecular complexity index is 2070. The van der Waals surface area contributed by atoms with Gasteiger partial charge in [0, 0.05) is 90.4 Å². The number of fused-ring (bicyclic) bond motifs is 5. The lowest BCUT2D eigenvalue weighted by molar-refractivity contribution is -0.183. The van der Waals surface area contributed by atoms with Crippen LogP contribution in [-0.2, 0) is 23.9 Å². The van der Waals surface area contributed by atoms with Gasteiger partial charge in [-0.05, 0) is 127 Å². The topological polar surface area (TPSA) is 196 Å². The summed E-state index contributed by atoms with van der Waals surface area (Å²) in [5.41, 5.74) is -1.33. The molecule has 3 saturated heterocycles. The number of nitrogens with one attached hydrogen (secondary N) is 3. The summed E-state index contributed by atoms with van der Waals surface area (Å²) in [6, 6.07) is 3.59. The number of rotatable bonds is 6. The lowest BCUT2D eigenvalue weighted by Crippen LogP contribution is -2.65. The number of aliphatic hydroxyl groups is 3. The predicted octanol–water partition coefficient (Wildman–Crippen LogP) is 6.49.